The summed E-state index contributed by atoms with van der Waals surface area (Å²) < 4.78 is 10.7. The molecule has 0 saturated carbocycles. The van der Waals surface area contributed by atoms with E-state index in [4.69, 9.17) is 9.47 Å². The van der Waals surface area contributed by atoms with Crippen LogP contribution in [-0.2, 0) is 17.6 Å². The fourth-order valence-electron chi connectivity index (χ4n) is 3.12. The molecule has 0 amide bonds. The van der Waals surface area contributed by atoms with E-state index in [0.29, 0.717) is 19.6 Å². The molecule has 33 heavy (non-hydrogen) atoms. The molecule has 0 aliphatic rings. The highest BCUT2D eigenvalue weighted by molar-refractivity contribution is 5.94. The average molecular weight is 449 g/mol. The fraction of sp³-hybridized carbons (Fsp3) is 0.310. The maximum atomic E-state index is 11.2. The minimum atomic E-state index is 0. The normalized spacial score (nSPS) is 9.70. The van der Waals surface area contributed by atoms with Gasteiger partial charge in [0.2, 0.25) is 0 Å². The Morgan fingerprint density at radius 3 is 1.39 bits per heavy atom. The van der Waals surface area contributed by atoms with Crippen LogP contribution in [0.4, 0.5) is 0 Å². The van der Waals surface area contributed by atoms with Crippen LogP contribution in [0.15, 0.2) is 72.8 Å². The number of carbonyl (C=O) groups excluding carboxylic acids is 2. The second kappa shape index (κ2) is 14.6. The summed E-state index contributed by atoms with van der Waals surface area (Å²) in [5.74, 6) is 2.05. The van der Waals surface area contributed by atoms with E-state index in [1.54, 1.807) is 13.8 Å². The predicted molar refractivity (Wildman–Crippen MR) is 136 cm³/mol. The molecule has 3 aromatic carbocycles. The summed E-state index contributed by atoms with van der Waals surface area (Å²) in [4.78, 5) is 22.0. The summed E-state index contributed by atoms with van der Waals surface area (Å²) in [5, 5.41) is 0. The van der Waals surface area contributed by atoms with Gasteiger partial charge in [0, 0.05) is 12.0 Å². The zero-order valence-electron chi connectivity index (χ0n) is 19.4. The largest absolute Gasteiger partial charge is 0.494 e. The van der Waals surface area contributed by atoms with Crippen LogP contribution >= 0.6 is 0 Å². The van der Waals surface area contributed by atoms with Crippen molar-refractivity contribution in [1.29, 1.82) is 0 Å². The van der Waals surface area contributed by atoms with Crippen LogP contribution in [0.25, 0.3) is 0 Å². The van der Waals surface area contributed by atoms with Gasteiger partial charge in [-0.25, -0.2) is 0 Å². The number of hydrogen-bond acceptors (Lipinski definition) is 4. The smallest absolute Gasteiger partial charge is 0.159 e. The number of rotatable bonds is 9. The lowest BCUT2D eigenvalue weighted by Gasteiger charge is -2.06. The van der Waals surface area contributed by atoms with Crippen LogP contribution in [-0.4, -0.2) is 24.8 Å². The SMILES string of the molecule is C.CCOc1ccc(CC(C)=O)cc1.CCOc1ccc(Cc2ccc(C(C)=O)cc2)cc1. The lowest BCUT2D eigenvalue weighted by Crippen LogP contribution is -1.96. The van der Waals surface area contributed by atoms with Crippen LogP contribution in [0.5, 0.6) is 11.5 Å². The maximum Gasteiger partial charge on any atom is 0.159 e. The molecule has 0 spiro atoms. The van der Waals surface area contributed by atoms with Gasteiger partial charge < -0.3 is 9.47 Å². The van der Waals surface area contributed by atoms with E-state index in [0.717, 1.165) is 29.0 Å². The molecule has 3 rings (SSSR count). The Morgan fingerprint density at radius 1 is 0.636 bits per heavy atom. The second-order valence-corrected chi connectivity index (χ2v) is 7.46. The molecule has 0 heterocycles. The first-order valence-electron chi connectivity index (χ1n) is 10.9. The number of carbonyl (C=O) groups is 2. The molecule has 0 aromatic heterocycles. The minimum Gasteiger partial charge on any atom is -0.494 e. The van der Waals surface area contributed by atoms with E-state index in [9.17, 15) is 9.59 Å². The van der Waals surface area contributed by atoms with Crippen molar-refractivity contribution in [1.82, 2.24) is 0 Å². The molecule has 0 saturated heterocycles. The van der Waals surface area contributed by atoms with E-state index in [1.165, 1.54) is 11.1 Å². The minimum absolute atomic E-state index is 0. The van der Waals surface area contributed by atoms with E-state index >= 15 is 0 Å². The molecule has 0 atom stereocenters. The highest BCUT2D eigenvalue weighted by Gasteiger charge is 2.01. The van der Waals surface area contributed by atoms with Gasteiger partial charge in [-0.15, -0.1) is 0 Å². The van der Waals surface area contributed by atoms with Crippen LogP contribution in [0, 0.1) is 0 Å². The second-order valence-electron chi connectivity index (χ2n) is 7.46. The third-order valence-corrected chi connectivity index (χ3v) is 4.69. The van der Waals surface area contributed by atoms with Gasteiger partial charge in [0.25, 0.3) is 0 Å². The van der Waals surface area contributed by atoms with Crippen molar-refractivity contribution in [2.75, 3.05) is 13.2 Å². The quantitative estimate of drug-likeness (QED) is 0.341. The van der Waals surface area contributed by atoms with Crippen molar-refractivity contribution < 1.29 is 19.1 Å². The van der Waals surface area contributed by atoms with Gasteiger partial charge in [-0.05, 0) is 75.1 Å². The number of Topliss-reactive ketones (excluding diaryl/α,β-unsaturated/α-hetero) is 2. The van der Waals surface area contributed by atoms with E-state index in [2.05, 4.69) is 12.1 Å². The molecule has 4 nitrogen and oxygen atoms in total. The Morgan fingerprint density at radius 2 is 1.03 bits per heavy atom. The van der Waals surface area contributed by atoms with E-state index < -0.39 is 0 Å². The first-order chi connectivity index (χ1) is 15.4. The van der Waals surface area contributed by atoms with Crippen molar-refractivity contribution in [3.05, 3.63) is 95.1 Å². The highest BCUT2D eigenvalue weighted by atomic mass is 16.5. The van der Waals surface area contributed by atoms with Gasteiger partial charge in [0.1, 0.15) is 17.3 Å². The fourth-order valence-corrected chi connectivity index (χ4v) is 3.12. The summed E-state index contributed by atoms with van der Waals surface area (Å²) in [6, 6.07) is 23.5. The molecule has 0 bridgehead atoms. The van der Waals surface area contributed by atoms with Crippen molar-refractivity contribution >= 4 is 11.6 Å². The number of ketones is 2. The van der Waals surface area contributed by atoms with Crippen LogP contribution in [0.1, 0.15) is 62.2 Å². The highest BCUT2D eigenvalue weighted by Crippen LogP contribution is 2.16. The van der Waals surface area contributed by atoms with Crippen molar-refractivity contribution in [3.63, 3.8) is 0 Å². The molecule has 4 heteroatoms. The van der Waals surface area contributed by atoms with Gasteiger partial charge in [-0.1, -0.05) is 56.0 Å². The average Bonchev–Trinajstić information content (AvgIpc) is 2.77. The Labute approximate surface area is 198 Å². The Kier molecular flexibility index (Phi) is 12.2. The molecule has 0 aliphatic carbocycles. The Hall–Kier alpha value is -3.40. The van der Waals surface area contributed by atoms with Crippen molar-refractivity contribution in [2.45, 2.75) is 48.0 Å². The monoisotopic (exact) mass is 448 g/mol. The van der Waals surface area contributed by atoms with Crippen LogP contribution < -0.4 is 9.47 Å². The first-order valence-corrected chi connectivity index (χ1v) is 10.9. The maximum absolute atomic E-state index is 11.2. The van der Waals surface area contributed by atoms with Crippen molar-refractivity contribution in [3.8, 4) is 11.5 Å². The molecular weight excluding hydrogens is 412 g/mol. The summed E-state index contributed by atoms with van der Waals surface area (Å²) in [6.07, 6.45) is 1.37. The van der Waals surface area contributed by atoms with Gasteiger partial charge >= 0.3 is 0 Å². The molecular formula is C29H36O4. The summed E-state index contributed by atoms with van der Waals surface area (Å²) in [7, 11) is 0. The predicted octanol–water partition coefficient (Wildman–Crippen LogP) is 6.73. The zero-order valence-corrected chi connectivity index (χ0v) is 19.4. The van der Waals surface area contributed by atoms with Gasteiger partial charge in [-0.2, -0.15) is 0 Å². The molecule has 3 aromatic rings. The molecule has 0 unspecified atom stereocenters. The zero-order chi connectivity index (χ0) is 23.3. The summed E-state index contributed by atoms with van der Waals surface area (Å²) >= 11 is 0. The summed E-state index contributed by atoms with van der Waals surface area (Å²) in [6.45, 7) is 8.46. The Balaban J connectivity index is 0.000000343. The molecule has 0 radical (unpaired) electrons. The Bertz CT molecular complexity index is 972. The molecule has 0 aliphatic heterocycles. The van der Waals surface area contributed by atoms with Gasteiger partial charge in [0.15, 0.2) is 5.78 Å². The number of benzene rings is 3. The van der Waals surface area contributed by atoms with Crippen molar-refractivity contribution in [2.24, 2.45) is 0 Å². The topological polar surface area (TPSA) is 52.6 Å². The molecule has 0 fully saturated rings. The first kappa shape index (κ1) is 27.6. The van der Waals surface area contributed by atoms with Crippen LogP contribution in [0.2, 0.25) is 0 Å². The third kappa shape index (κ3) is 10.2. The lowest BCUT2D eigenvalue weighted by atomic mass is 10.0. The van der Waals surface area contributed by atoms with E-state index in [1.807, 2.05) is 74.5 Å². The van der Waals surface area contributed by atoms with Crippen LogP contribution in [0.3, 0.4) is 0 Å². The summed E-state index contributed by atoms with van der Waals surface area (Å²) in [5.41, 5.74) is 4.24. The van der Waals surface area contributed by atoms with Gasteiger partial charge in [-0.3, -0.25) is 9.59 Å². The number of hydrogen-bond donors (Lipinski definition) is 0. The van der Waals surface area contributed by atoms with E-state index in [-0.39, 0.29) is 19.0 Å². The lowest BCUT2D eigenvalue weighted by molar-refractivity contribution is -0.116. The standard InChI is InChI=1S/C17H18O2.C11H14O2.CH4/c1-3-19-17-10-6-15(7-11-17)12-14-4-8-16(9-5-14)13(2)18;1-3-13-11-6-4-10(5-7-11)8-9(2)12;/h4-11H,3,12H2,1-2H3;4-7H,3,8H2,1-2H3;1H4. The molecule has 0 N–H and O–H groups in total. The van der Waals surface area contributed by atoms with Gasteiger partial charge in [0.05, 0.1) is 13.2 Å². The molecule has 176 valence electrons. The third-order valence-electron chi connectivity index (χ3n) is 4.69. The number of ether oxygens (including phenoxy) is 2.